The molecule has 1 aromatic heterocycles. The van der Waals surface area contributed by atoms with Gasteiger partial charge in [-0.2, -0.15) is 0 Å². The molecule has 98 valence electrons. The number of carbonyl (C=O) groups is 1. The lowest BCUT2D eigenvalue weighted by Crippen LogP contribution is -2.35. The summed E-state index contributed by atoms with van der Waals surface area (Å²) in [6.07, 6.45) is 1.07. The number of aromatic nitrogens is 2. The van der Waals surface area contributed by atoms with Crippen LogP contribution in [0.4, 0.5) is 10.6 Å². The summed E-state index contributed by atoms with van der Waals surface area (Å²) < 4.78 is 5.36. The van der Waals surface area contributed by atoms with Crippen LogP contribution in [0.3, 0.4) is 0 Å². The molecule has 0 aliphatic carbocycles. The van der Waals surface area contributed by atoms with Gasteiger partial charge in [0.15, 0.2) is 0 Å². The molecule has 0 aromatic carbocycles. The van der Waals surface area contributed by atoms with Gasteiger partial charge in [-0.3, -0.25) is 4.90 Å². The smallest absolute Gasteiger partial charge is 0.411 e. The molecule has 2 heterocycles. The number of nitrogen functional groups attached to an aromatic ring is 1. The van der Waals surface area contributed by atoms with Crippen LogP contribution in [0.5, 0.6) is 0 Å². The highest BCUT2D eigenvalue weighted by Gasteiger charge is 2.35. The first-order chi connectivity index (χ1) is 8.29. The van der Waals surface area contributed by atoms with Crippen LogP contribution in [0, 0.1) is 0 Å². The third-order valence-electron chi connectivity index (χ3n) is 2.83. The maximum atomic E-state index is 12.1. The maximum absolute atomic E-state index is 12.1. The molecule has 0 spiro atoms. The molecule has 6 heteroatoms. The van der Waals surface area contributed by atoms with E-state index in [9.17, 15) is 4.79 Å². The number of anilines is 1. The predicted molar refractivity (Wildman–Crippen MR) is 66.6 cm³/mol. The Hall–Kier alpha value is -1.85. The minimum atomic E-state index is -0.511. The Morgan fingerprint density at radius 1 is 1.50 bits per heavy atom. The molecule has 0 bridgehead atoms. The number of hydrogen-bond donors (Lipinski definition) is 1. The van der Waals surface area contributed by atoms with Crippen molar-refractivity contribution in [3.63, 3.8) is 0 Å². The summed E-state index contributed by atoms with van der Waals surface area (Å²) in [6.45, 7) is 7.83. The van der Waals surface area contributed by atoms with Crippen molar-refractivity contribution in [2.24, 2.45) is 0 Å². The molecule has 1 unspecified atom stereocenters. The normalized spacial score (nSPS) is 18.7. The predicted octanol–water partition coefficient (Wildman–Crippen LogP) is 1.87. The van der Waals surface area contributed by atoms with Gasteiger partial charge in [0.05, 0.1) is 18.3 Å². The van der Waals surface area contributed by atoms with E-state index >= 15 is 0 Å². The van der Waals surface area contributed by atoms with Gasteiger partial charge in [-0.05, 0) is 27.7 Å². The van der Waals surface area contributed by atoms with E-state index in [-0.39, 0.29) is 12.1 Å². The third kappa shape index (κ3) is 2.23. The minimum Gasteiger partial charge on any atom is -0.444 e. The highest BCUT2D eigenvalue weighted by Crippen LogP contribution is 2.34. The van der Waals surface area contributed by atoms with E-state index in [0.29, 0.717) is 12.4 Å². The summed E-state index contributed by atoms with van der Waals surface area (Å²) in [4.78, 5) is 21.8. The summed E-state index contributed by atoms with van der Waals surface area (Å²) in [5.41, 5.74) is 6.90. The minimum absolute atomic E-state index is 0.139. The third-order valence-corrected chi connectivity index (χ3v) is 2.83. The van der Waals surface area contributed by atoms with Crippen molar-refractivity contribution in [2.75, 3.05) is 5.73 Å². The quantitative estimate of drug-likeness (QED) is 0.760. The van der Waals surface area contributed by atoms with Crippen molar-refractivity contribution < 1.29 is 9.53 Å². The van der Waals surface area contributed by atoms with Gasteiger partial charge in [-0.1, -0.05) is 0 Å². The maximum Gasteiger partial charge on any atom is 0.411 e. The number of ether oxygens (including phenoxy) is 1. The lowest BCUT2D eigenvalue weighted by molar-refractivity contribution is 0.0186. The van der Waals surface area contributed by atoms with Gasteiger partial charge in [-0.25, -0.2) is 14.8 Å². The topological polar surface area (TPSA) is 81.3 Å². The Morgan fingerprint density at radius 3 is 2.72 bits per heavy atom. The number of rotatable bonds is 0. The molecule has 1 aromatic rings. The van der Waals surface area contributed by atoms with Gasteiger partial charge in [0.1, 0.15) is 17.7 Å². The average molecular weight is 250 g/mol. The molecule has 6 nitrogen and oxygen atoms in total. The standard InChI is InChI=1S/C12H18N4O2/c1-7-9-8(10(13)15-6-14-9)5-16(7)11(17)18-12(2,3)4/h6-7H,5H2,1-4H3,(H2,13,14,15). The molecule has 18 heavy (non-hydrogen) atoms. The average Bonchev–Trinajstić information content (AvgIpc) is 2.56. The second-order valence-electron chi connectivity index (χ2n) is 5.41. The number of amides is 1. The van der Waals surface area contributed by atoms with Crippen molar-refractivity contribution in [3.05, 3.63) is 17.6 Å². The largest absolute Gasteiger partial charge is 0.444 e. The zero-order chi connectivity index (χ0) is 13.5. The molecule has 1 atom stereocenters. The molecule has 2 rings (SSSR count). The molecule has 0 saturated carbocycles. The van der Waals surface area contributed by atoms with Crippen molar-refractivity contribution >= 4 is 11.9 Å². The van der Waals surface area contributed by atoms with Crippen LogP contribution < -0.4 is 5.73 Å². The Bertz CT molecular complexity index is 481. The Labute approximate surface area is 106 Å². The van der Waals surface area contributed by atoms with Crippen LogP contribution in [0.25, 0.3) is 0 Å². The van der Waals surface area contributed by atoms with E-state index in [4.69, 9.17) is 10.5 Å². The SMILES string of the molecule is CC1c2ncnc(N)c2CN1C(=O)OC(C)(C)C. The zero-order valence-corrected chi connectivity index (χ0v) is 11.1. The van der Waals surface area contributed by atoms with Crippen molar-refractivity contribution in [1.82, 2.24) is 14.9 Å². The van der Waals surface area contributed by atoms with E-state index in [1.54, 1.807) is 4.90 Å². The number of fused-ring (bicyclic) bond motifs is 1. The summed E-state index contributed by atoms with van der Waals surface area (Å²) in [6, 6.07) is -0.139. The van der Waals surface area contributed by atoms with Crippen LogP contribution in [0.2, 0.25) is 0 Å². The zero-order valence-electron chi connectivity index (χ0n) is 11.1. The molecule has 2 N–H and O–H groups in total. The van der Waals surface area contributed by atoms with E-state index in [1.165, 1.54) is 6.33 Å². The Kier molecular flexibility index (Phi) is 2.88. The summed E-state index contributed by atoms with van der Waals surface area (Å²) in [5, 5.41) is 0. The van der Waals surface area contributed by atoms with E-state index < -0.39 is 5.60 Å². The molecule has 1 aliphatic rings. The molecular weight excluding hydrogens is 232 g/mol. The van der Waals surface area contributed by atoms with E-state index in [0.717, 1.165) is 11.3 Å². The van der Waals surface area contributed by atoms with Crippen molar-refractivity contribution in [1.29, 1.82) is 0 Å². The number of carbonyl (C=O) groups excluding carboxylic acids is 1. The Morgan fingerprint density at radius 2 is 2.17 bits per heavy atom. The van der Waals surface area contributed by atoms with Gasteiger partial charge in [-0.15, -0.1) is 0 Å². The van der Waals surface area contributed by atoms with Crippen LogP contribution in [0.1, 0.15) is 45.0 Å². The van der Waals surface area contributed by atoms with Gasteiger partial charge >= 0.3 is 6.09 Å². The summed E-state index contributed by atoms with van der Waals surface area (Å²) >= 11 is 0. The first kappa shape index (κ1) is 12.6. The fourth-order valence-electron chi connectivity index (χ4n) is 1.96. The van der Waals surface area contributed by atoms with Crippen LogP contribution in [-0.4, -0.2) is 26.6 Å². The van der Waals surface area contributed by atoms with E-state index in [1.807, 2.05) is 27.7 Å². The Balaban J connectivity index is 2.21. The number of hydrogen-bond acceptors (Lipinski definition) is 5. The molecule has 1 aliphatic heterocycles. The van der Waals surface area contributed by atoms with E-state index in [2.05, 4.69) is 9.97 Å². The first-order valence-corrected chi connectivity index (χ1v) is 5.88. The molecular formula is C12H18N4O2. The second-order valence-corrected chi connectivity index (χ2v) is 5.41. The summed E-state index contributed by atoms with van der Waals surface area (Å²) in [7, 11) is 0. The van der Waals surface area contributed by atoms with Crippen LogP contribution in [-0.2, 0) is 11.3 Å². The summed E-state index contributed by atoms with van der Waals surface area (Å²) in [5.74, 6) is 0.429. The molecule has 1 amide bonds. The van der Waals surface area contributed by atoms with Crippen LogP contribution >= 0.6 is 0 Å². The fourth-order valence-corrected chi connectivity index (χ4v) is 1.96. The lowest BCUT2D eigenvalue weighted by Gasteiger charge is -2.26. The molecule has 0 fully saturated rings. The van der Waals surface area contributed by atoms with Gasteiger partial charge in [0.25, 0.3) is 0 Å². The monoisotopic (exact) mass is 250 g/mol. The van der Waals surface area contributed by atoms with Crippen molar-refractivity contribution in [2.45, 2.75) is 45.9 Å². The fraction of sp³-hybridized carbons (Fsp3) is 0.583. The number of nitrogens with two attached hydrogens (primary N) is 1. The highest BCUT2D eigenvalue weighted by molar-refractivity contribution is 5.70. The van der Waals surface area contributed by atoms with Gasteiger partial charge in [0.2, 0.25) is 0 Å². The highest BCUT2D eigenvalue weighted by atomic mass is 16.6. The molecule has 0 saturated heterocycles. The first-order valence-electron chi connectivity index (χ1n) is 5.88. The second kappa shape index (κ2) is 4.12. The van der Waals surface area contributed by atoms with Gasteiger partial charge < -0.3 is 10.5 Å². The molecule has 0 radical (unpaired) electrons. The lowest BCUT2D eigenvalue weighted by atomic mass is 10.2. The van der Waals surface area contributed by atoms with Crippen molar-refractivity contribution in [3.8, 4) is 0 Å². The van der Waals surface area contributed by atoms with Gasteiger partial charge in [0, 0.05) is 5.56 Å². The number of nitrogens with zero attached hydrogens (tertiary/aromatic N) is 3. The van der Waals surface area contributed by atoms with Crippen LogP contribution in [0.15, 0.2) is 6.33 Å².